The van der Waals surface area contributed by atoms with Gasteiger partial charge in [-0.3, -0.25) is 23.8 Å². The topological polar surface area (TPSA) is 209 Å². The molecule has 1 atom stereocenters. The number of ether oxygens (including phenoxy) is 1. The summed E-state index contributed by atoms with van der Waals surface area (Å²) in [6.45, 7) is 12.1. The number of aromatic amines is 1. The molecular weight excluding hydrogens is 723 g/mol. The van der Waals surface area contributed by atoms with Gasteiger partial charge in [-0.2, -0.15) is 0 Å². The largest absolute Gasteiger partial charge is 0.453 e. The van der Waals surface area contributed by atoms with Crippen LogP contribution in [-0.2, 0) is 19.1 Å². The van der Waals surface area contributed by atoms with E-state index in [9.17, 15) is 19.2 Å². The van der Waals surface area contributed by atoms with E-state index < -0.39 is 6.09 Å². The molecule has 5 heterocycles. The number of hydrogen-bond donors (Lipinski definition) is 5. The Bertz CT molecular complexity index is 1780. The summed E-state index contributed by atoms with van der Waals surface area (Å²) in [5.41, 5.74) is 10.4. The predicted molar refractivity (Wildman–Crippen MR) is 216 cm³/mol. The van der Waals surface area contributed by atoms with Crippen LogP contribution in [0, 0.1) is 0 Å². The van der Waals surface area contributed by atoms with Crippen LogP contribution in [0.1, 0.15) is 78.8 Å². The Kier molecular flexibility index (Phi) is 18.2. The fourth-order valence-electron chi connectivity index (χ4n) is 5.56. The number of nitrogens with two attached hydrogens (primary N) is 2. The van der Waals surface area contributed by atoms with E-state index in [1.165, 1.54) is 31.9 Å². The highest BCUT2D eigenvalue weighted by Gasteiger charge is 2.31. The molecule has 1 aromatic carbocycles. The molecule has 2 aliphatic rings. The number of H-pyrrole nitrogens is 1. The number of rotatable bonds is 9. The van der Waals surface area contributed by atoms with E-state index in [1.54, 1.807) is 39.9 Å². The Hall–Kier alpha value is -5.42. The molecule has 0 radical (unpaired) electrons. The minimum atomic E-state index is -0.660. The van der Waals surface area contributed by atoms with Crippen LogP contribution in [0.2, 0.25) is 0 Å². The molecule has 2 aliphatic heterocycles. The Labute approximate surface area is 327 Å². The average molecular weight is 780 g/mol. The number of fused-ring (bicyclic) bond motifs is 1. The fourth-order valence-corrected chi connectivity index (χ4v) is 6.53. The first kappa shape index (κ1) is 44.0. The lowest BCUT2D eigenvalue weighted by molar-refractivity contribution is -0.133. The van der Waals surface area contributed by atoms with Crippen molar-refractivity contribution in [3.05, 3.63) is 61.1 Å². The zero-order valence-electron chi connectivity index (χ0n) is 32.8. The van der Waals surface area contributed by atoms with Gasteiger partial charge in [-0.25, -0.2) is 20.6 Å². The van der Waals surface area contributed by atoms with Crippen molar-refractivity contribution in [2.45, 2.75) is 79.3 Å². The van der Waals surface area contributed by atoms with E-state index in [4.69, 9.17) is 11.6 Å². The fraction of sp³-hybridized carbons (Fsp3) is 0.474. The number of amides is 4. The predicted octanol–water partition coefficient (Wildman–Crippen LogP) is 4.77. The number of thiazole rings is 1. The third kappa shape index (κ3) is 13.4. The van der Waals surface area contributed by atoms with Gasteiger partial charge in [-0.15, -0.1) is 0 Å². The van der Waals surface area contributed by atoms with Gasteiger partial charge in [-0.05, 0) is 36.8 Å². The van der Waals surface area contributed by atoms with E-state index >= 15 is 0 Å². The summed E-state index contributed by atoms with van der Waals surface area (Å²) in [5, 5.41) is 6.33. The third-order valence-corrected chi connectivity index (χ3v) is 9.17. The molecule has 0 aliphatic carbocycles. The lowest BCUT2D eigenvalue weighted by Gasteiger charge is -2.31. The smallest absolute Gasteiger partial charge is 0.407 e. The molecule has 0 saturated carbocycles. The lowest BCUT2D eigenvalue weighted by Crippen LogP contribution is -2.51. The average Bonchev–Trinajstić information content (AvgIpc) is 4.02. The van der Waals surface area contributed by atoms with E-state index in [1.807, 2.05) is 16.8 Å². The van der Waals surface area contributed by atoms with Crippen molar-refractivity contribution in [1.82, 2.24) is 44.8 Å². The number of alkyl carbamates (subject to hydrolysis) is 1. The van der Waals surface area contributed by atoms with Gasteiger partial charge in [0.05, 0.1) is 42.4 Å². The van der Waals surface area contributed by atoms with Crippen LogP contribution in [0.5, 0.6) is 0 Å². The molecule has 1 unspecified atom stereocenters. The van der Waals surface area contributed by atoms with E-state index in [0.717, 1.165) is 59.0 Å². The summed E-state index contributed by atoms with van der Waals surface area (Å²) in [4.78, 5) is 62.7. The summed E-state index contributed by atoms with van der Waals surface area (Å²) in [6.07, 6.45) is 14.0. The van der Waals surface area contributed by atoms with Crippen LogP contribution in [0.25, 0.3) is 32.4 Å². The highest BCUT2D eigenvalue weighted by Crippen LogP contribution is 2.31. The molecule has 4 aromatic rings. The van der Waals surface area contributed by atoms with Gasteiger partial charge in [0.1, 0.15) is 18.4 Å². The molecule has 55 heavy (non-hydrogen) atoms. The maximum atomic E-state index is 12.5. The maximum Gasteiger partial charge on any atom is 0.407 e. The molecule has 7 N–H and O–H groups in total. The molecule has 0 bridgehead atoms. The Morgan fingerprint density at radius 2 is 1.60 bits per heavy atom. The minimum Gasteiger partial charge on any atom is -0.453 e. The first-order valence-corrected chi connectivity index (χ1v) is 19.5. The number of aromatic nitrogens is 4. The standard InChI is InChI=1S/C24H27N9O3S.C8H14N2O2.2C3H8/c1-36-24(35)28-10-22(34)32-8-2-3-21(32)33(26)11-17(25)19-12-31-13-20(37-23(31)30-19)16-6-4-15(5-7-16)18-9-27-14-29-18;1-7(11)9-6-8(12)10-4-2-3-5-10;2*1-3-2/h4-7,9,11-14,21H,2-3,8,10,25-26H2,1H3,(H,27,29)(H,28,35);2-6H2,1H3,(H,9,11);2*3H2,1-2H3/b17-11-;;;. The van der Waals surface area contributed by atoms with Crippen molar-refractivity contribution in [1.29, 1.82) is 0 Å². The Morgan fingerprint density at radius 1 is 0.964 bits per heavy atom. The van der Waals surface area contributed by atoms with Crippen molar-refractivity contribution in [2.24, 2.45) is 11.6 Å². The monoisotopic (exact) mass is 779 g/mol. The van der Waals surface area contributed by atoms with Crippen LogP contribution in [0.4, 0.5) is 4.79 Å². The van der Waals surface area contributed by atoms with Crippen molar-refractivity contribution in [2.75, 3.05) is 39.8 Å². The van der Waals surface area contributed by atoms with Crippen LogP contribution < -0.4 is 22.2 Å². The zero-order valence-corrected chi connectivity index (χ0v) is 33.7. The van der Waals surface area contributed by atoms with Crippen molar-refractivity contribution < 1.29 is 23.9 Å². The minimum absolute atomic E-state index is 0.0303. The summed E-state index contributed by atoms with van der Waals surface area (Å²) >= 11 is 1.56. The van der Waals surface area contributed by atoms with Crippen molar-refractivity contribution >= 4 is 45.8 Å². The number of hydrogen-bond acceptors (Lipinski definition) is 11. The molecule has 4 amide bonds. The second-order valence-electron chi connectivity index (χ2n) is 13.0. The van der Waals surface area contributed by atoms with Gasteiger partial charge in [0, 0.05) is 45.2 Å². The number of imidazole rings is 2. The number of hydrazine groups is 1. The Morgan fingerprint density at radius 3 is 2.18 bits per heavy atom. The molecule has 17 heteroatoms. The number of benzene rings is 1. The molecule has 2 fully saturated rings. The van der Waals surface area contributed by atoms with Gasteiger partial charge >= 0.3 is 6.09 Å². The third-order valence-electron chi connectivity index (χ3n) is 8.12. The van der Waals surface area contributed by atoms with Crippen LogP contribution in [0.3, 0.4) is 0 Å². The van der Waals surface area contributed by atoms with Gasteiger partial charge < -0.3 is 35.9 Å². The molecule has 2 saturated heterocycles. The second-order valence-corrected chi connectivity index (χ2v) is 14.0. The molecule has 16 nitrogen and oxygen atoms in total. The number of carbonyl (C=O) groups is 4. The zero-order chi connectivity index (χ0) is 40.3. The van der Waals surface area contributed by atoms with E-state index in [0.29, 0.717) is 24.4 Å². The summed E-state index contributed by atoms with van der Waals surface area (Å²) < 4.78 is 6.45. The van der Waals surface area contributed by atoms with Crippen LogP contribution in [0.15, 0.2) is 55.4 Å². The first-order chi connectivity index (χ1) is 26.4. The van der Waals surface area contributed by atoms with Gasteiger partial charge in [0.2, 0.25) is 17.7 Å². The summed E-state index contributed by atoms with van der Waals surface area (Å²) in [6, 6.07) is 8.24. The number of likely N-dealkylation sites (tertiary alicyclic amines) is 2. The van der Waals surface area contributed by atoms with Crippen LogP contribution in [-0.4, -0.2) is 104 Å². The van der Waals surface area contributed by atoms with Gasteiger partial charge in [0.15, 0.2) is 4.96 Å². The van der Waals surface area contributed by atoms with E-state index in [-0.39, 0.29) is 37.0 Å². The highest BCUT2D eigenvalue weighted by molar-refractivity contribution is 7.20. The van der Waals surface area contributed by atoms with Gasteiger partial charge in [-0.1, -0.05) is 76.1 Å². The van der Waals surface area contributed by atoms with Crippen molar-refractivity contribution in [3.63, 3.8) is 0 Å². The molecular formula is C38H57N11O5S. The quantitative estimate of drug-likeness (QED) is 0.116. The number of nitrogens with zero attached hydrogens (tertiary/aromatic N) is 6. The number of methoxy groups -OCH3 is 1. The van der Waals surface area contributed by atoms with Crippen LogP contribution >= 0.6 is 11.3 Å². The summed E-state index contributed by atoms with van der Waals surface area (Å²) in [5.74, 6) is 5.91. The number of carbonyl (C=O) groups excluding carboxylic acids is 4. The SMILES string of the molecule is CC(=O)NCC(=O)N1CCCC1.CCC.CCC.COC(=O)NCC(=O)N1CCCC1N(N)/C=C(\N)c1cn2cc(-c3ccc(-c4cnc[nH]4)cc3)sc2n1. The molecule has 6 rings (SSSR count). The van der Waals surface area contributed by atoms with Gasteiger partial charge in [0.25, 0.3) is 0 Å². The lowest BCUT2D eigenvalue weighted by atomic mass is 10.1. The highest BCUT2D eigenvalue weighted by atomic mass is 32.1. The van der Waals surface area contributed by atoms with E-state index in [2.05, 4.69) is 82.3 Å². The first-order valence-electron chi connectivity index (χ1n) is 18.7. The normalized spacial score (nSPS) is 14.8. The second kappa shape index (κ2) is 22.7. The van der Waals surface area contributed by atoms with Crippen molar-refractivity contribution in [3.8, 4) is 21.7 Å². The molecule has 3 aromatic heterocycles. The molecule has 0 spiro atoms. The maximum absolute atomic E-state index is 12.5. The molecule has 300 valence electrons. The summed E-state index contributed by atoms with van der Waals surface area (Å²) in [7, 11) is 1.24. The number of nitrogens with one attached hydrogen (secondary N) is 3. The Balaban J connectivity index is 0.000000375.